The first-order valence-corrected chi connectivity index (χ1v) is 17.4. The third-order valence-electron chi connectivity index (χ3n) is 9.26. The molecule has 11 nitrogen and oxygen atoms in total. The number of nitrogens with two attached hydrogens (primary N) is 1. The van der Waals surface area contributed by atoms with Gasteiger partial charge in [0.1, 0.15) is 24.0 Å². The molecule has 0 unspecified atom stereocenters. The smallest absolute Gasteiger partial charge is 0.347 e. The average molecular weight is 692 g/mol. The first-order chi connectivity index (χ1) is 23.7. The maximum Gasteiger partial charge on any atom is 0.347 e. The van der Waals surface area contributed by atoms with Gasteiger partial charge in [-0.15, -0.1) is 0 Å². The number of methoxy groups -OCH3 is 1. The van der Waals surface area contributed by atoms with Gasteiger partial charge >= 0.3 is 11.9 Å². The summed E-state index contributed by atoms with van der Waals surface area (Å²) in [5, 5.41) is 5.63. The van der Waals surface area contributed by atoms with Crippen LogP contribution in [0.3, 0.4) is 0 Å². The van der Waals surface area contributed by atoms with Crippen molar-refractivity contribution in [3.05, 3.63) is 76.9 Å². The zero-order valence-corrected chi connectivity index (χ0v) is 30.3. The number of benzene rings is 2. The van der Waals surface area contributed by atoms with Crippen molar-refractivity contribution in [3.63, 3.8) is 0 Å². The lowest BCUT2D eigenvalue weighted by Gasteiger charge is -2.29. The van der Waals surface area contributed by atoms with Gasteiger partial charge in [-0.25, -0.2) is 4.79 Å². The Hall–Kier alpha value is -4.22. The highest BCUT2D eigenvalue weighted by Crippen LogP contribution is 2.43. The van der Waals surface area contributed by atoms with Crippen molar-refractivity contribution >= 4 is 23.8 Å². The van der Waals surface area contributed by atoms with Crippen LogP contribution in [0.5, 0.6) is 5.75 Å². The van der Waals surface area contributed by atoms with Gasteiger partial charge in [-0.05, 0) is 79.8 Å². The standard InChI is InChI=1S/C39H53N3O8/c1-23(2)17-33-37(45)49-31(25(4)19-32-35(48-32)28-14-11-26(21-40)12-15-28)9-8-10-34(43)42-29(20-27-13-16-30(47-7)24(3)18-27)36(44)41-22-39(5,6)38(46)50-33/h8,10-16,18,23,25,29,31-33,35H,9,17,19-22,40H2,1-7H3,(H,41,44)(H,42,43)/b10-8+/t25-,29-,31+,32-,33+,35-/m1/s1. The quantitative estimate of drug-likeness (QED) is 0.239. The number of nitrogens with one attached hydrogen (secondary N) is 2. The molecule has 2 aromatic carbocycles. The monoisotopic (exact) mass is 691 g/mol. The molecule has 50 heavy (non-hydrogen) atoms. The number of hydrogen-bond acceptors (Lipinski definition) is 9. The molecule has 0 bridgehead atoms. The highest BCUT2D eigenvalue weighted by Gasteiger charge is 2.43. The average Bonchev–Trinajstić information content (AvgIpc) is 3.84. The molecule has 2 aliphatic rings. The van der Waals surface area contributed by atoms with Crippen molar-refractivity contribution in [3.8, 4) is 5.75 Å². The molecule has 11 heteroatoms. The number of ether oxygens (including phenoxy) is 4. The molecule has 2 aromatic rings. The van der Waals surface area contributed by atoms with E-state index in [1.165, 1.54) is 6.08 Å². The summed E-state index contributed by atoms with van der Waals surface area (Å²) in [6.45, 7) is 11.4. The second-order valence-corrected chi connectivity index (χ2v) is 14.6. The van der Waals surface area contributed by atoms with Gasteiger partial charge in [0, 0.05) is 25.9 Å². The lowest BCUT2D eigenvalue weighted by atomic mass is 9.92. The van der Waals surface area contributed by atoms with Crippen LogP contribution in [-0.4, -0.2) is 61.8 Å². The van der Waals surface area contributed by atoms with Gasteiger partial charge in [0.05, 0.1) is 18.6 Å². The molecule has 272 valence electrons. The zero-order valence-electron chi connectivity index (χ0n) is 30.3. The summed E-state index contributed by atoms with van der Waals surface area (Å²) in [6, 6.07) is 12.7. The number of aryl methyl sites for hydroxylation is 1. The number of carbonyl (C=O) groups is 4. The second kappa shape index (κ2) is 17.1. The molecule has 0 spiro atoms. The minimum Gasteiger partial charge on any atom is -0.496 e. The summed E-state index contributed by atoms with van der Waals surface area (Å²) >= 11 is 0. The van der Waals surface area contributed by atoms with E-state index in [0.717, 1.165) is 22.3 Å². The number of hydrogen-bond donors (Lipinski definition) is 3. The minimum atomic E-state index is -1.18. The van der Waals surface area contributed by atoms with Gasteiger partial charge in [-0.1, -0.05) is 63.2 Å². The van der Waals surface area contributed by atoms with Crippen molar-refractivity contribution in [1.82, 2.24) is 10.6 Å². The van der Waals surface area contributed by atoms with Crippen LogP contribution < -0.4 is 21.1 Å². The second-order valence-electron chi connectivity index (χ2n) is 14.6. The fourth-order valence-electron chi connectivity index (χ4n) is 6.05. The van der Waals surface area contributed by atoms with E-state index < -0.39 is 47.4 Å². The van der Waals surface area contributed by atoms with Crippen molar-refractivity contribution in [1.29, 1.82) is 0 Å². The SMILES string of the molecule is COc1ccc(C[C@H]2NC(=O)/C=C/C[C@@H]([C@H](C)C[C@H]3O[C@@H]3c3ccc(CN)cc3)OC(=O)[C@H](CC(C)C)OC(=O)C(C)(C)CNC2=O)cc1C. The Bertz CT molecular complexity index is 1540. The molecular weight excluding hydrogens is 638 g/mol. The van der Waals surface area contributed by atoms with Crippen LogP contribution in [0.25, 0.3) is 0 Å². The molecule has 0 radical (unpaired) electrons. The van der Waals surface area contributed by atoms with E-state index >= 15 is 0 Å². The third kappa shape index (κ3) is 10.6. The van der Waals surface area contributed by atoms with E-state index in [4.69, 9.17) is 24.7 Å². The molecular formula is C39H53N3O8. The Labute approximate surface area is 295 Å². The number of rotatable bonds is 10. The number of epoxide rings is 1. The largest absolute Gasteiger partial charge is 0.496 e. The third-order valence-corrected chi connectivity index (χ3v) is 9.26. The Morgan fingerprint density at radius 1 is 0.980 bits per heavy atom. The molecule has 2 amide bonds. The van der Waals surface area contributed by atoms with E-state index in [1.807, 2.05) is 70.2 Å². The van der Waals surface area contributed by atoms with Crippen molar-refractivity contribution in [2.24, 2.45) is 23.0 Å². The number of cyclic esters (lactones) is 2. The highest BCUT2D eigenvalue weighted by molar-refractivity contribution is 5.93. The molecule has 1 fully saturated rings. The summed E-state index contributed by atoms with van der Waals surface area (Å²) < 4.78 is 23.3. The Kier molecular flexibility index (Phi) is 13.2. The lowest BCUT2D eigenvalue weighted by Crippen LogP contribution is -2.51. The van der Waals surface area contributed by atoms with Crippen LogP contribution in [0.1, 0.15) is 82.2 Å². The highest BCUT2D eigenvalue weighted by atomic mass is 16.6. The summed E-state index contributed by atoms with van der Waals surface area (Å²) in [4.78, 5) is 53.8. The Morgan fingerprint density at radius 3 is 2.32 bits per heavy atom. The fourth-order valence-corrected chi connectivity index (χ4v) is 6.05. The van der Waals surface area contributed by atoms with Crippen molar-refractivity contribution in [2.75, 3.05) is 13.7 Å². The summed E-state index contributed by atoms with van der Waals surface area (Å²) in [7, 11) is 1.59. The molecule has 4 N–H and O–H groups in total. The predicted molar refractivity (Wildman–Crippen MR) is 189 cm³/mol. The lowest BCUT2D eigenvalue weighted by molar-refractivity contribution is -0.179. The molecule has 6 atom stereocenters. The fraction of sp³-hybridized carbons (Fsp3) is 0.538. The van der Waals surface area contributed by atoms with E-state index in [2.05, 4.69) is 10.6 Å². The molecule has 4 rings (SSSR count). The topological polar surface area (TPSA) is 159 Å². The maximum absolute atomic E-state index is 13.6. The van der Waals surface area contributed by atoms with Crippen LogP contribution in [0.4, 0.5) is 0 Å². The number of amides is 2. The maximum atomic E-state index is 13.6. The minimum absolute atomic E-state index is 0.0295. The zero-order chi connectivity index (χ0) is 36.6. The van der Waals surface area contributed by atoms with Gasteiger partial charge in [-0.2, -0.15) is 0 Å². The van der Waals surface area contributed by atoms with Crippen molar-refractivity contribution in [2.45, 2.75) is 104 Å². The first kappa shape index (κ1) is 38.6. The molecule has 2 heterocycles. The molecule has 2 aliphatic heterocycles. The normalized spacial score (nSPS) is 25.9. The van der Waals surface area contributed by atoms with Gasteiger partial charge in [0.25, 0.3) is 0 Å². The van der Waals surface area contributed by atoms with E-state index in [-0.39, 0.29) is 49.9 Å². The molecule has 0 saturated carbocycles. The first-order valence-electron chi connectivity index (χ1n) is 17.4. The number of carbonyl (C=O) groups excluding carboxylic acids is 4. The summed E-state index contributed by atoms with van der Waals surface area (Å²) in [5.74, 6) is -1.62. The van der Waals surface area contributed by atoms with Crippen LogP contribution in [0, 0.1) is 24.2 Å². The van der Waals surface area contributed by atoms with Gasteiger partial charge in [0.2, 0.25) is 11.8 Å². The Morgan fingerprint density at radius 2 is 1.68 bits per heavy atom. The van der Waals surface area contributed by atoms with Crippen LogP contribution in [-0.2, 0) is 46.4 Å². The predicted octanol–water partition coefficient (Wildman–Crippen LogP) is 4.63. The van der Waals surface area contributed by atoms with Crippen LogP contribution >= 0.6 is 0 Å². The Balaban J connectivity index is 1.57. The molecule has 0 aliphatic carbocycles. The van der Waals surface area contributed by atoms with E-state index in [9.17, 15) is 19.2 Å². The molecule has 1 saturated heterocycles. The van der Waals surface area contributed by atoms with E-state index in [0.29, 0.717) is 18.7 Å². The van der Waals surface area contributed by atoms with Crippen molar-refractivity contribution < 1.29 is 38.1 Å². The summed E-state index contributed by atoms with van der Waals surface area (Å²) in [5.41, 5.74) is 8.38. The van der Waals surface area contributed by atoms with Crippen LogP contribution in [0.2, 0.25) is 0 Å². The molecule has 0 aromatic heterocycles. The van der Waals surface area contributed by atoms with Gasteiger partial charge in [0.15, 0.2) is 6.10 Å². The number of esters is 2. The van der Waals surface area contributed by atoms with Gasteiger partial charge < -0.3 is 35.3 Å². The van der Waals surface area contributed by atoms with Crippen LogP contribution in [0.15, 0.2) is 54.6 Å². The summed E-state index contributed by atoms with van der Waals surface area (Å²) in [6.07, 6.45) is 2.42. The van der Waals surface area contributed by atoms with Gasteiger partial charge in [-0.3, -0.25) is 14.4 Å². The van der Waals surface area contributed by atoms with E-state index in [1.54, 1.807) is 27.0 Å².